The van der Waals surface area contributed by atoms with Gasteiger partial charge in [-0.1, -0.05) is 15.9 Å². The molecular weight excluding hydrogens is 312 g/mol. The summed E-state index contributed by atoms with van der Waals surface area (Å²) in [5.41, 5.74) is 8.04. The second kappa shape index (κ2) is 5.97. The van der Waals surface area contributed by atoms with Crippen molar-refractivity contribution >= 4 is 39.3 Å². The Kier molecular flexibility index (Phi) is 4.56. The van der Waals surface area contributed by atoms with Crippen molar-refractivity contribution < 1.29 is 4.79 Å². The Bertz CT molecular complexity index is 459. The largest absolute Gasteiger partial charge is 0.398 e. The molecule has 1 aromatic rings. The number of hydrogen-bond donors (Lipinski definition) is 2. The van der Waals surface area contributed by atoms with E-state index in [4.69, 9.17) is 5.73 Å². The van der Waals surface area contributed by atoms with Gasteiger partial charge in [-0.25, -0.2) is 0 Å². The van der Waals surface area contributed by atoms with E-state index in [1.807, 2.05) is 30.8 Å². The van der Waals surface area contributed by atoms with Gasteiger partial charge >= 0.3 is 0 Å². The zero-order valence-electron chi connectivity index (χ0n) is 10.3. The maximum atomic E-state index is 12.2. The average Bonchev–Trinajstić information content (AvgIpc) is 2.35. The molecule has 1 heterocycles. The van der Waals surface area contributed by atoms with Gasteiger partial charge in [-0.15, -0.1) is 0 Å². The Morgan fingerprint density at radius 1 is 1.44 bits per heavy atom. The van der Waals surface area contributed by atoms with Crippen LogP contribution in [0.5, 0.6) is 0 Å². The molecule has 1 saturated heterocycles. The van der Waals surface area contributed by atoms with Gasteiger partial charge in [0.05, 0.1) is 0 Å². The SMILES string of the molecule is Cc1c(N)cc(Br)cc1C(=O)NC1CCSCC1. The zero-order chi connectivity index (χ0) is 13.1. The van der Waals surface area contributed by atoms with Gasteiger partial charge in [0, 0.05) is 21.8 Å². The van der Waals surface area contributed by atoms with Crippen LogP contribution in [0.15, 0.2) is 16.6 Å². The van der Waals surface area contributed by atoms with Gasteiger partial charge < -0.3 is 11.1 Å². The molecule has 5 heteroatoms. The number of amides is 1. The lowest BCUT2D eigenvalue weighted by molar-refractivity contribution is 0.0934. The second-order valence-electron chi connectivity index (χ2n) is 4.53. The lowest BCUT2D eigenvalue weighted by Crippen LogP contribution is -2.37. The van der Waals surface area contributed by atoms with Crippen molar-refractivity contribution in [2.75, 3.05) is 17.2 Å². The van der Waals surface area contributed by atoms with Crippen LogP contribution in [0, 0.1) is 6.92 Å². The van der Waals surface area contributed by atoms with E-state index in [9.17, 15) is 4.79 Å². The highest BCUT2D eigenvalue weighted by Gasteiger charge is 2.18. The first-order valence-corrected chi connectivity index (χ1v) is 7.97. The molecule has 0 unspecified atom stereocenters. The molecule has 1 aromatic carbocycles. The number of anilines is 1. The van der Waals surface area contributed by atoms with E-state index < -0.39 is 0 Å². The highest BCUT2D eigenvalue weighted by molar-refractivity contribution is 9.10. The highest BCUT2D eigenvalue weighted by atomic mass is 79.9. The quantitative estimate of drug-likeness (QED) is 0.820. The number of nitrogen functional groups attached to an aromatic ring is 1. The summed E-state index contributed by atoms with van der Waals surface area (Å²) in [6.07, 6.45) is 2.11. The van der Waals surface area contributed by atoms with Crippen LogP contribution in [0.1, 0.15) is 28.8 Å². The first-order chi connectivity index (χ1) is 8.58. The molecule has 0 atom stereocenters. The highest BCUT2D eigenvalue weighted by Crippen LogP contribution is 2.23. The van der Waals surface area contributed by atoms with Crippen molar-refractivity contribution in [3.05, 3.63) is 27.7 Å². The number of nitrogens with one attached hydrogen (secondary N) is 1. The summed E-state index contributed by atoms with van der Waals surface area (Å²) >= 11 is 5.33. The number of nitrogens with two attached hydrogens (primary N) is 1. The minimum Gasteiger partial charge on any atom is -0.398 e. The molecular formula is C13H17BrN2OS. The van der Waals surface area contributed by atoms with Crippen molar-refractivity contribution in [1.29, 1.82) is 0 Å². The first-order valence-electron chi connectivity index (χ1n) is 6.02. The molecule has 0 bridgehead atoms. The fraction of sp³-hybridized carbons (Fsp3) is 0.462. The Balaban J connectivity index is 2.13. The van der Waals surface area contributed by atoms with E-state index in [0.717, 1.165) is 34.4 Å². The summed E-state index contributed by atoms with van der Waals surface area (Å²) in [6.45, 7) is 1.88. The Morgan fingerprint density at radius 3 is 2.78 bits per heavy atom. The number of halogens is 1. The van der Waals surface area contributed by atoms with Gasteiger partial charge in [0.1, 0.15) is 0 Å². The summed E-state index contributed by atoms with van der Waals surface area (Å²) in [4.78, 5) is 12.2. The number of carbonyl (C=O) groups is 1. The lowest BCUT2D eigenvalue weighted by atomic mass is 10.0. The van der Waals surface area contributed by atoms with Crippen LogP contribution in [0.4, 0.5) is 5.69 Å². The van der Waals surface area contributed by atoms with Crippen molar-refractivity contribution in [3.63, 3.8) is 0 Å². The first kappa shape index (κ1) is 13.7. The van der Waals surface area contributed by atoms with Gasteiger partial charge in [-0.05, 0) is 49.0 Å². The van der Waals surface area contributed by atoms with Crippen LogP contribution in [-0.4, -0.2) is 23.5 Å². The van der Waals surface area contributed by atoms with Gasteiger partial charge in [0.25, 0.3) is 5.91 Å². The molecule has 0 saturated carbocycles. The minimum atomic E-state index is -0.0163. The Hall–Kier alpha value is -0.680. The molecule has 18 heavy (non-hydrogen) atoms. The third kappa shape index (κ3) is 3.20. The number of thioether (sulfide) groups is 1. The summed E-state index contributed by atoms with van der Waals surface area (Å²) in [6, 6.07) is 3.96. The fourth-order valence-electron chi connectivity index (χ4n) is 2.04. The lowest BCUT2D eigenvalue weighted by Gasteiger charge is -2.23. The number of hydrogen-bond acceptors (Lipinski definition) is 3. The van der Waals surface area contributed by atoms with E-state index in [1.165, 1.54) is 0 Å². The molecule has 1 aliphatic heterocycles. The smallest absolute Gasteiger partial charge is 0.251 e. The van der Waals surface area contributed by atoms with Crippen molar-refractivity contribution in [3.8, 4) is 0 Å². The number of rotatable bonds is 2. The molecule has 0 spiro atoms. The molecule has 0 aromatic heterocycles. The van der Waals surface area contributed by atoms with Crippen LogP contribution >= 0.6 is 27.7 Å². The summed E-state index contributed by atoms with van der Waals surface area (Å²) in [5.74, 6) is 2.24. The molecule has 3 N–H and O–H groups in total. The number of benzene rings is 1. The normalized spacial score (nSPS) is 16.6. The standard InChI is InChI=1S/C13H17BrN2OS/c1-8-11(6-9(14)7-12(8)15)13(17)16-10-2-4-18-5-3-10/h6-7,10H,2-5,15H2,1H3,(H,16,17). The van der Waals surface area contributed by atoms with Crippen LogP contribution in [0.3, 0.4) is 0 Å². The van der Waals surface area contributed by atoms with Crippen molar-refractivity contribution in [2.45, 2.75) is 25.8 Å². The molecule has 3 nitrogen and oxygen atoms in total. The number of carbonyl (C=O) groups excluding carboxylic acids is 1. The Labute approximate surface area is 120 Å². The van der Waals surface area contributed by atoms with E-state index in [-0.39, 0.29) is 5.91 Å². The van der Waals surface area contributed by atoms with Crippen LogP contribution < -0.4 is 11.1 Å². The molecule has 0 radical (unpaired) electrons. The second-order valence-corrected chi connectivity index (χ2v) is 6.67. The summed E-state index contributed by atoms with van der Waals surface area (Å²) in [5, 5.41) is 3.10. The maximum Gasteiger partial charge on any atom is 0.251 e. The van der Waals surface area contributed by atoms with Gasteiger partial charge in [0.2, 0.25) is 0 Å². The molecule has 1 fully saturated rings. The Morgan fingerprint density at radius 2 is 2.11 bits per heavy atom. The molecule has 1 amide bonds. The van der Waals surface area contributed by atoms with E-state index in [1.54, 1.807) is 0 Å². The molecule has 1 aliphatic rings. The summed E-state index contributed by atoms with van der Waals surface area (Å²) in [7, 11) is 0. The van der Waals surface area contributed by atoms with Gasteiger partial charge in [0.15, 0.2) is 0 Å². The maximum absolute atomic E-state index is 12.2. The minimum absolute atomic E-state index is 0.0163. The third-order valence-electron chi connectivity index (χ3n) is 3.21. The predicted octanol–water partition coefficient (Wildman–Crippen LogP) is 2.97. The van der Waals surface area contributed by atoms with E-state index >= 15 is 0 Å². The van der Waals surface area contributed by atoms with Crippen molar-refractivity contribution in [2.24, 2.45) is 0 Å². The van der Waals surface area contributed by atoms with Crippen LogP contribution in [0.25, 0.3) is 0 Å². The van der Waals surface area contributed by atoms with E-state index in [2.05, 4.69) is 21.2 Å². The molecule has 0 aliphatic carbocycles. The van der Waals surface area contributed by atoms with Crippen LogP contribution in [0.2, 0.25) is 0 Å². The summed E-state index contributed by atoms with van der Waals surface area (Å²) < 4.78 is 0.843. The fourth-order valence-corrected chi connectivity index (χ4v) is 3.62. The topological polar surface area (TPSA) is 55.1 Å². The zero-order valence-corrected chi connectivity index (χ0v) is 12.7. The van der Waals surface area contributed by atoms with Gasteiger partial charge in [-0.3, -0.25) is 4.79 Å². The monoisotopic (exact) mass is 328 g/mol. The predicted molar refractivity (Wildman–Crippen MR) is 81.1 cm³/mol. The van der Waals surface area contributed by atoms with Crippen molar-refractivity contribution in [1.82, 2.24) is 5.32 Å². The van der Waals surface area contributed by atoms with Crippen LogP contribution in [-0.2, 0) is 0 Å². The van der Waals surface area contributed by atoms with Gasteiger partial charge in [-0.2, -0.15) is 11.8 Å². The van der Waals surface area contributed by atoms with E-state index in [0.29, 0.717) is 17.3 Å². The third-order valence-corrected chi connectivity index (χ3v) is 4.72. The molecule has 2 rings (SSSR count). The average molecular weight is 329 g/mol. The molecule has 98 valence electrons.